The molecule has 0 unspecified atom stereocenters. The van der Waals surface area contributed by atoms with Crippen molar-refractivity contribution in [3.63, 3.8) is 0 Å². The van der Waals surface area contributed by atoms with Gasteiger partial charge in [-0.05, 0) is 24.7 Å². The fourth-order valence-corrected chi connectivity index (χ4v) is 2.41. The Morgan fingerprint density at radius 3 is 1.10 bits per heavy atom. The Morgan fingerprint density at radius 2 is 0.931 bits per heavy atom. The Labute approximate surface area is 178 Å². The van der Waals surface area contributed by atoms with Crippen molar-refractivity contribution < 1.29 is 51.7 Å². The fourth-order valence-electron chi connectivity index (χ4n) is 2.41. The molecule has 0 aliphatic carbocycles. The smallest absolute Gasteiger partial charge is 1.00 e. The second-order valence-electron chi connectivity index (χ2n) is 9.84. The van der Waals surface area contributed by atoms with Gasteiger partial charge in [0.15, 0.2) is 11.8 Å². The zero-order chi connectivity index (χ0) is 22.5. The van der Waals surface area contributed by atoms with E-state index in [2.05, 4.69) is 55.4 Å². The van der Waals surface area contributed by atoms with Gasteiger partial charge in [-0.1, -0.05) is 41.5 Å². The van der Waals surface area contributed by atoms with Crippen LogP contribution in [0.2, 0.25) is 0 Å². The summed E-state index contributed by atoms with van der Waals surface area (Å²) in [6, 6.07) is 0.402. The van der Waals surface area contributed by atoms with Crippen molar-refractivity contribution in [1.82, 2.24) is 0 Å². The molecule has 4 nitrogen and oxygen atoms in total. The van der Waals surface area contributed by atoms with Crippen molar-refractivity contribution in [3.05, 3.63) is 0 Å². The molecule has 2 heterocycles. The van der Waals surface area contributed by atoms with Crippen molar-refractivity contribution >= 4 is 19.6 Å². The van der Waals surface area contributed by atoms with Crippen LogP contribution in [0, 0.1) is 16.2 Å². The van der Waals surface area contributed by atoms with E-state index in [0.717, 1.165) is 11.8 Å². The van der Waals surface area contributed by atoms with Crippen molar-refractivity contribution in [2.45, 2.75) is 67.5 Å². The Kier molecular flexibility index (Phi) is 7.42. The molecule has 0 amide bonds. The molecule has 0 aromatic rings. The van der Waals surface area contributed by atoms with Gasteiger partial charge in [0.2, 0.25) is 0 Å². The average Bonchev–Trinajstić information content (AvgIpc) is 3.04. The maximum Gasteiger partial charge on any atom is 1.00 e. The topological polar surface area (TPSA) is 43.2 Å². The molecule has 0 fully saturated rings. The van der Waals surface area contributed by atoms with Gasteiger partial charge in [-0.15, -0.1) is 0 Å². The van der Waals surface area contributed by atoms with Crippen LogP contribution in [0.5, 0.6) is 0 Å². The van der Waals surface area contributed by atoms with Crippen LogP contribution in [-0.2, 0) is 26.5 Å². The summed E-state index contributed by atoms with van der Waals surface area (Å²) < 4.78 is 71.0. The molecular formula is C17H30CuF6N2O2P. The molecule has 2 aliphatic rings. The molecule has 178 valence electrons. The number of ether oxygens (including phenoxy) is 2. The Morgan fingerprint density at radius 1 is 0.690 bits per heavy atom. The molecule has 0 N–H and O–H groups in total. The average molecular weight is 503 g/mol. The second-order valence-corrected chi connectivity index (χ2v) is 11.8. The van der Waals surface area contributed by atoms with Gasteiger partial charge in [0.05, 0.1) is 12.1 Å². The van der Waals surface area contributed by atoms with Crippen LogP contribution in [0.25, 0.3) is 0 Å². The summed E-state index contributed by atoms with van der Waals surface area (Å²) in [5, 5.41) is 0. The fraction of sp³-hybridized carbons (Fsp3) is 0.882. The van der Waals surface area contributed by atoms with E-state index >= 15 is 0 Å². The standard InChI is InChI=1S/C17H30N2O2.Cu.F6P/c1-15(2,3)11-9-20-13(18-11)17(7,8)14-19-12(10-21-14)16(4,5)6;;1-7(2,3,4,5)6/h11-12H,9-10H2,1-8H3;;/q;+1;-1/t11-,12-;;/m1../s1. The molecule has 0 saturated carbocycles. The first kappa shape index (κ1) is 28.5. The molecule has 2 atom stereocenters. The van der Waals surface area contributed by atoms with E-state index in [1.807, 2.05) is 0 Å². The summed E-state index contributed by atoms with van der Waals surface area (Å²) in [7, 11) is -10.7. The minimum atomic E-state index is -10.7. The monoisotopic (exact) mass is 502 g/mol. The van der Waals surface area contributed by atoms with Gasteiger partial charge < -0.3 is 9.47 Å². The molecule has 0 spiro atoms. The zero-order valence-electron chi connectivity index (χ0n) is 17.8. The maximum atomic E-state index is 9.87. The van der Waals surface area contributed by atoms with Gasteiger partial charge in [0.25, 0.3) is 0 Å². The van der Waals surface area contributed by atoms with E-state index in [4.69, 9.17) is 19.5 Å². The summed E-state index contributed by atoms with van der Waals surface area (Å²) in [5.41, 5.74) is -0.158. The number of hydrogen-bond acceptors (Lipinski definition) is 4. The molecule has 0 aromatic heterocycles. The normalized spacial score (nSPS) is 25.2. The van der Waals surface area contributed by atoms with Crippen molar-refractivity contribution in [3.8, 4) is 0 Å². The van der Waals surface area contributed by atoms with Gasteiger partial charge in [-0.3, -0.25) is 0 Å². The summed E-state index contributed by atoms with van der Waals surface area (Å²) in [5.74, 6) is 1.52. The Hall–Kier alpha value is -0.531. The van der Waals surface area contributed by atoms with Gasteiger partial charge in [0.1, 0.15) is 18.6 Å². The van der Waals surface area contributed by atoms with Gasteiger partial charge in [-0.25, -0.2) is 9.98 Å². The Bertz CT molecular complexity index is 610. The molecule has 29 heavy (non-hydrogen) atoms. The van der Waals surface area contributed by atoms with Crippen molar-refractivity contribution in [1.29, 1.82) is 0 Å². The van der Waals surface area contributed by atoms with Crippen LogP contribution in [0.3, 0.4) is 0 Å². The predicted molar refractivity (Wildman–Crippen MR) is 101 cm³/mol. The first-order chi connectivity index (χ1) is 11.9. The summed E-state index contributed by atoms with van der Waals surface area (Å²) in [6.45, 7) is 18.6. The number of aliphatic imine (C=N–C) groups is 2. The van der Waals surface area contributed by atoms with Crippen LogP contribution >= 0.6 is 7.81 Å². The second kappa shape index (κ2) is 7.56. The largest absolute Gasteiger partial charge is 1.00 e. The molecular weight excluding hydrogens is 473 g/mol. The number of rotatable bonds is 2. The third kappa shape index (κ3) is 10.4. The van der Waals surface area contributed by atoms with Crippen LogP contribution < -0.4 is 0 Å². The van der Waals surface area contributed by atoms with Crippen molar-refractivity contribution in [2.75, 3.05) is 13.2 Å². The van der Waals surface area contributed by atoms with Crippen molar-refractivity contribution in [2.24, 2.45) is 26.2 Å². The van der Waals surface area contributed by atoms with E-state index < -0.39 is 7.81 Å². The van der Waals surface area contributed by atoms with Crippen LogP contribution in [0.15, 0.2) is 9.98 Å². The molecule has 0 saturated heterocycles. The number of nitrogens with zero attached hydrogens (tertiary/aromatic N) is 2. The van der Waals surface area contributed by atoms with Gasteiger partial charge in [-0.2, -0.15) is 0 Å². The molecule has 0 radical (unpaired) electrons. The summed E-state index contributed by atoms with van der Waals surface area (Å²) in [6.07, 6.45) is 0. The minimum absolute atomic E-state index is 0. The SMILES string of the molecule is CC(C)(C1=N[C@@H](C(C)(C)C)CO1)C1=N[C@@H](C(C)(C)C)CO1.F[P-](F)(F)(F)(F)F.[Cu+]. The first-order valence-corrected chi connectivity index (χ1v) is 10.9. The zero-order valence-corrected chi connectivity index (χ0v) is 19.6. The number of hydrogen-bond donors (Lipinski definition) is 0. The minimum Gasteiger partial charge on any atom is 1.00 e. The molecule has 0 bridgehead atoms. The maximum absolute atomic E-state index is 10.7. The van der Waals surface area contributed by atoms with E-state index in [9.17, 15) is 25.2 Å². The molecule has 2 aliphatic heterocycles. The quantitative estimate of drug-likeness (QED) is 0.230. The van der Waals surface area contributed by atoms with E-state index in [-0.39, 0.29) is 45.4 Å². The molecule has 12 heteroatoms. The van der Waals surface area contributed by atoms with E-state index in [1.165, 1.54) is 0 Å². The van der Waals surface area contributed by atoms with Gasteiger partial charge in [0, 0.05) is 0 Å². The van der Waals surface area contributed by atoms with Crippen LogP contribution in [0.1, 0.15) is 55.4 Å². The third-order valence-electron chi connectivity index (χ3n) is 4.37. The predicted octanol–water partition coefficient (Wildman–Crippen LogP) is 7.08. The molecule has 2 rings (SSSR count). The van der Waals surface area contributed by atoms with Gasteiger partial charge >= 0.3 is 50.1 Å². The first-order valence-electron chi connectivity index (χ1n) is 8.86. The number of halogens is 6. The summed E-state index contributed by atoms with van der Waals surface area (Å²) >= 11 is 0. The van der Waals surface area contributed by atoms with E-state index in [0.29, 0.717) is 13.2 Å². The van der Waals surface area contributed by atoms with E-state index in [1.54, 1.807) is 0 Å². The molecule has 0 aromatic carbocycles. The summed E-state index contributed by atoms with van der Waals surface area (Å²) in [4.78, 5) is 9.59. The Balaban J connectivity index is 0.000000846. The van der Waals surface area contributed by atoms with Crippen LogP contribution in [0.4, 0.5) is 25.2 Å². The third-order valence-corrected chi connectivity index (χ3v) is 4.37. The van der Waals surface area contributed by atoms with Crippen LogP contribution in [-0.4, -0.2) is 37.1 Å².